The van der Waals surface area contributed by atoms with E-state index in [0.717, 1.165) is 0 Å². The quantitative estimate of drug-likeness (QED) is 0.453. The van der Waals surface area contributed by atoms with Gasteiger partial charge in [-0.3, -0.25) is 9.59 Å². The van der Waals surface area contributed by atoms with E-state index in [2.05, 4.69) is 0 Å². The minimum Gasteiger partial charge on any atom is -0.506 e. The molecule has 1 aliphatic heterocycles. The number of rotatable bonds is 7. The van der Waals surface area contributed by atoms with Crippen LogP contribution >= 0.6 is 23.2 Å². The van der Waals surface area contributed by atoms with E-state index in [9.17, 15) is 19.8 Å². The first kappa shape index (κ1) is 23.9. The van der Waals surface area contributed by atoms with E-state index in [-0.39, 0.29) is 28.7 Å². The van der Waals surface area contributed by atoms with Crippen molar-refractivity contribution in [3.8, 4) is 11.5 Å². The molecule has 10 heteroatoms. The third kappa shape index (κ3) is 4.20. The first-order valence-corrected chi connectivity index (χ1v) is 11.1. The first-order valence-electron chi connectivity index (χ1n) is 10.3. The van der Waals surface area contributed by atoms with E-state index in [1.165, 1.54) is 30.2 Å². The van der Waals surface area contributed by atoms with Crippen LogP contribution in [-0.2, 0) is 4.79 Å². The first-order chi connectivity index (χ1) is 16.1. The van der Waals surface area contributed by atoms with Crippen LogP contribution in [-0.4, -0.2) is 66.0 Å². The molecule has 0 radical (unpaired) electrons. The number of aliphatic hydroxyl groups is 1. The SMILES string of the molecule is COc1cc(Cl)cc2cc(C(=O)C3=C(O)C(=O)N(CCN(C)C)C3c3ccc(O)c(Cl)c3)oc12. The zero-order valence-corrected chi connectivity index (χ0v) is 20.1. The molecule has 1 atom stereocenters. The lowest BCUT2D eigenvalue weighted by Crippen LogP contribution is -2.36. The molecule has 0 saturated heterocycles. The molecule has 0 spiro atoms. The molecule has 3 aromatic rings. The molecule has 1 aliphatic rings. The van der Waals surface area contributed by atoms with Crippen molar-refractivity contribution >= 4 is 45.9 Å². The van der Waals surface area contributed by atoms with Crippen LogP contribution in [0.25, 0.3) is 11.0 Å². The molecule has 0 aliphatic carbocycles. The van der Waals surface area contributed by atoms with Gasteiger partial charge in [-0.25, -0.2) is 0 Å². The second kappa shape index (κ2) is 9.21. The molecular weight excluding hydrogens is 483 g/mol. The number of aliphatic hydroxyl groups excluding tert-OH is 1. The Morgan fingerprint density at radius 1 is 1.18 bits per heavy atom. The van der Waals surface area contributed by atoms with Gasteiger partial charge in [0.25, 0.3) is 5.91 Å². The summed E-state index contributed by atoms with van der Waals surface area (Å²) in [6.45, 7) is 0.725. The largest absolute Gasteiger partial charge is 0.506 e. The van der Waals surface area contributed by atoms with Gasteiger partial charge in [-0.15, -0.1) is 0 Å². The number of Topliss-reactive ketones (excluding diaryl/α,β-unsaturated/α-hetero) is 1. The average Bonchev–Trinajstić information content (AvgIpc) is 3.32. The van der Waals surface area contributed by atoms with Crippen molar-refractivity contribution in [2.24, 2.45) is 0 Å². The predicted molar refractivity (Wildman–Crippen MR) is 128 cm³/mol. The number of likely N-dealkylation sites (N-methyl/N-ethyl adjacent to an activating group) is 1. The minimum absolute atomic E-state index is 0.0545. The number of benzene rings is 2. The second-order valence-electron chi connectivity index (χ2n) is 8.14. The maximum absolute atomic E-state index is 13.6. The van der Waals surface area contributed by atoms with Crippen molar-refractivity contribution < 1.29 is 29.0 Å². The molecular formula is C24H22Cl2N2O6. The summed E-state index contributed by atoms with van der Waals surface area (Å²) in [6.07, 6.45) is 0. The van der Waals surface area contributed by atoms with Crippen LogP contribution in [0, 0.1) is 0 Å². The molecule has 1 aromatic heterocycles. The van der Waals surface area contributed by atoms with Crippen LogP contribution < -0.4 is 4.74 Å². The summed E-state index contributed by atoms with van der Waals surface area (Å²) < 4.78 is 11.1. The van der Waals surface area contributed by atoms with Gasteiger partial charge >= 0.3 is 0 Å². The number of carbonyl (C=O) groups excluding carboxylic acids is 2. The number of amides is 1. The maximum atomic E-state index is 13.6. The summed E-state index contributed by atoms with van der Waals surface area (Å²) in [6, 6.07) is 8.12. The number of phenolic OH excluding ortho intramolecular Hbond substituents is 1. The molecule has 34 heavy (non-hydrogen) atoms. The van der Waals surface area contributed by atoms with Crippen LogP contribution in [0.5, 0.6) is 11.5 Å². The third-order valence-electron chi connectivity index (χ3n) is 5.61. The monoisotopic (exact) mass is 504 g/mol. The number of aromatic hydroxyl groups is 1. The number of ether oxygens (including phenoxy) is 1. The molecule has 178 valence electrons. The van der Waals surface area contributed by atoms with Gasteiger partial charge in [0.1, 0.15) is 5.75 Å². The fourth-order valence-electron chi connectivity index (χ4n) is 3.95. The summed E-state index contributed by atoms with van der Waals surface area (Å²) in [4.78, 5) is 29.9. The van der Waals surface area contributed by atoms with E-state index < -0.39 is 23.5 Å². The van der Waals surface area contributed by atoms with Crippen molar-refractivity contribution in [1.29, 1.82) is 0 Å². The molecule has 2 heterocycles. The van der Waals surface area contributed by atoms with Gasteiger partial charge in [-0.2, -0.15) is 0 Å². The minimum atomic E-state index is -0.934. The van der Waals surface area contributed by atoms with Gasteiger partial charge in [0, 0.05) is 29.6 Å². The van der Waals surface area contributed by atoms with Crippen molar-refractivity contribution in [3.63, 3.8) is 0 Å². The lowest BCUT2D eigenvalue weighted by Gasteiger charge is -2.28. The summed E-state index contributed by atoms with van der Waals surface area (Å²) in [5.74, 6) is -1.90. The third-order valence-corrected chi connectivity index (χ3v) is 6.14. The van der Waals surface area contributed by atoms with Crippen molar-refractivity contribution in [1.82, 2.24) is 9.80 Å². The van der Waals surface area contributed by atoms with Gasteiger partial charge in [0.2, 0.25) is 5.78 Å². The molecule has 2 N–H and O–H groups in total. The van der Waals surface area contributed by atoms with Crippen molar-refractivity contribution in [2.45, 2.75) is 6.04 Å². The van der Waals surface area contributed by atoms with E-state index in [1.54, 1.807) is 18.2 Å². The molecule has 0 fully saturated rings. The molecule has 1 unspecified atom stereocenters. The van der Waals surface area contributed by atoms with Crippen LogP contribution in [0.15, 0.2) is 52.1 Å². The standard InChI is InChI=1S/C24H22Cl2N2O6/c1-27(2)6-7-28-20(12-4-5-16(29)15(26)9-12)19(22(31)24(28)32)21(30)17-10-13-8-14(25)11-18(33-3)23(13)34-17/h4-5,8-11,20,29,31H,6-7H2,1-3H3. The Labute approximate surface area is 205 Å². The van der Waals surface area contributed by atoms with E-state index in [0.29, 0.717) is 33.8 Å². The molecule has 0 bridgehead atoms. The molecule has 2 aromatic carbocycles. The predicted octanol–water partition coefficient (Wildman–Crippen LogP) is 4.59. The number of furan rings is 1. The summed E-state index contributed by atoms with van der Waals surface area (Å²) >= 11 is 12.2. The maximum Gasteiger partial charge on any atom is 0.290 e. The number of hydrogen-bond acceptors (Lipinski definition) is 7. The second-order valence-corrected chi connectivity index (χ2v) is 8.99. The van der Waals surface area contributed by atoms with Gasteiger partial charge in [-0.1, -0.05) is 29.3 Å². The number of nitrogens with zero attached hydrogens (tertiary/aromatic N) is 2. The highest BCUT2D eigenvalue weighted by atomic mass is 35.5. The topological polar surface area (TPSA) is 103 Å². The molecule has 1 amide bonds. The van der Waals surface area contributed by atoms with Gasteiger partial charge in [-0.05, 0) is 43.9 Å². The number of methoxy groups -OCH3 is 1. The number of hydrogen-bond donors (Lipinski definition) is 2. The molecule has 4 rings (SSSR count). The molecule has 8 nitrogen and oxygen atoms in total. The van der Waals surface area contributed by atoms with E-state index >= 15 is 0 Å². The highest BCUT2D eigenvalue weighted by Crippen LogP contribution is 2.42. The Bertz CT molecular complexity index is 1330. The lowest BCUT2D eigenvalue weighted by molar-refractivity contribution is -0.129. The number of phenols is 1. The number of fused-ring (bicyclic) bond motifs is 1. The van der Waals surface area contributed by atoms with E-state index in [4.69, 9.17) is 32.4 Å². The van der Waals surface area contributed by atoms with Gasteiger partial charge in [0.05, 0.1) is 23.7 Å². The highest BCUT2D eigenvalue weighted by molar-refractivity contribution is 6.32. The lowest BCUT2D eigenvalue weighted by atomic mass is 9.95. The summed E-state index contributed by atoms with van der Waals surface area (Å²) in [7, 11) is 5.14. The number of carbonyl (C=O) groups is 2. The van der Waals surface area contributed by atoms with Gasteiger partial charge < -0.3 is 29.2 Å². The van der Waals surface area contributed by atoms with Crippen LogP contribution in [0.3, 0.4) is 0 Å². The number of halogens is 2. The smallest absolute Gasteiger partial charge is 0.290 e. The number of ketones is 1. The molecule has 0 saturated carbocycles. The zero-order valence-electron chi connectivity index (χ0n) is 18.6. The van der Waals surface area contributed by atoms with Crippen LogP contribution in [0.4, 0.5) is 0 Å². The average molecular weight is 505 g/mol. The van der Waals surface area contributed by atoms with Gasteiger partial charge in [0.15, 0.2) is 22.9 Å². The van der Waals surface area contributed by atoms with Crippen LogP contribution in [0.2, 0.25) is 10.0 Å². The fraction of sp³-hybridized carbons (Fsp3) is 0.250. The summed E-state index contributed by atoms with van der Waals surface area (Å²) in [5.41, 5.74) is 0.627. The zero-order chi connectivity index (χ0) is 24.7. The normalized spacial score (nSPS) is 16.2. The highest BCUT2D eigenvalue weighted by Gasteiger charge is 2.44. The Kier molecular flexibility index (Phi) is 6.49. The van der Waals surface area contributed by atoms with Crippen molar-refractivity contribution in [2.75, 3.05) is 34.3 Å². The van der Waals surface area contributed by atoms with Crippen LogP contribution in [0.1, 0.15) is 22.2 Å². The Morgan fingerprint density at radius 3 is 2.56 bits per heavy atom. The van der Waals surface area contributed by atoms with Crippen molar-refractivity contribution in [3.05, 3.63) is 69.1 Å². The Hall–Kier alpha value is -3.20. The fourth-order valence-corrected chi connectivity index (χ4v) is 4.35. The Balaban J connectivity index is 1.83. The van der Waals surface area contributed by atoms with E-state index in [1.807, 2.05) is 19.0 Å². The summed E-state index contributed by atoms with van der Waals surface area (Å²) in [5, 5.41) is 21.6. The Morgan fingerprint density at radius 2 is 1.91 bits per heavy atom.